The summed E-state index contributed by atoms with van der Waals surface area (Å²) in [6, 6.07) is 33.5. The highest BCUT2D eigenvalue weighted by atomic mass is 32.2. The summed E-state index contributed by atoms with van der Waals surface area (Å²) in [6.07, 6.45) is 2.93. The molecule has 1 unspecified atom stereocenters. The zero-order valence-corrected chi connectivity index (χ0v) is 46.8. The molecule has 416 valence electrons. The first kappa shape index (κ1) is 55.4. The molecule has 4 amide bonds. The van der Waals surface area contributed by atoms with Crippen molar-refractivity contribution in [1.29, 1.82) is 0 Å². The van der Waals surface area contributed by atoms with Crippen LogP contribution in [0.15, 0.2) is 134 Å². The van der Waals surface area contributed by atoms with Gasteiger partial charge < -0.3 is 28.7 Å². The number of nitrogens with zero attached hydrogens (tertiary/aromatic N) is 4. The van der Waals surface area contributed by atoms with Crippen molar-refractivity contribution in [2.24, 2.45) is 0 Å². The Labute approximate surface area is 469 Å². The summed E-state index contributed by atoms with van der Waals surface area (Å²) in [6.45, 7) is 10.8. The van der Waals surface area contributed by atoms with Gasteiger partial charge in [0.15, 0.2) is 11.5 Å². The molecule has 8 aromatic rings. The summed E-state index contributed by atoms with van der Waals surface area (Å²) in [5.74, 6) is -2.72. The molecular weight excluding hydrogens is 1070 g/mol. The Morgan fingerprint density at radius 3 is 1.65 bits per heavy atom. The molecule has 4 heterocycles. The smallest absolute Gasteiger partial charge is 0.262 e. The fraction of sp³-hybridized carbons (Fsp3) is 0.246. The minimum absolute atomic E-state index is 0.166. The van der Waals surface area contributed by atoms with Crippen LogP contribution in [0, 0.1) is 6.92 Å². The lowest BCUT2D eigenvalue weighted by molar-refractivity contribution is -0.120. The Bertz CT molecular complexity index is 4030. The molecule has 2 aliphatic rings. The van der Waals surface area contributed by atoms with Crippen LogP contribution in [0.3, 0.4) is 0 Å². The van der Waals surface area contributed by atoms with E-state index < -0.39 is 49.3 Å². The number of rotatable bonds is 21. The topological polar surface area (TPSA) is 230 Å². The molecule has 81 heavy (non-hydrogen) atoms. The van der Waals surface area contributed by atoms with Gasteiger partial charge in [-0.25, -0.2) is 16.8 Å². The summed E-state index contributed by atoms with van der Waals surface area (Å²) in [7, 11) is -8.57. The van der Waals surface area contributed by atoms with Gasteiger partial charge in [-0.2, -0.15) is 0 Å². The largest absolute Gasteiger partial charge is 0.492 e. The van der Waals surface area contributed by atoms with Crippen LogP contribution in [0.1, 0.15) is 98.8 Å². The maximum atomic E-state index is 14.3. The summed E-state index contributed by atoms with van der Waals surface area (Å²) < 4.78 is 83.3. The number of aryl methyl sites for hydroxylation is 1. The molecule has 0 aliphatic carbocycles. The highest BCUT2D eigenvalue weighted by Gasteiger charge is 2.39. The van der Waals surface area contributed by atoms with Crippen molar-refractivity contribution >= 4 is 76.9 Å². The van der Waals surface area contributed by atoms with E-state index in [1.165, 1.54) is 0 Å². The number of pyridine rings is 2. The monoisotopic (exact) mass is 1130 g/mol. The first-order valence-corrected chi connectivity index (χ1v) is 29.8. The number of sulfonamides is 2. The van der Waals surface area contributed by atoms with Gasteiger partial charge >= 0.3 is 0 Å². The molecule has 0 bridgehead atoms. The van der Waals surface area contributed by atoms with Gasteiger partial charge in [0.1, 0.15) is 22.5 Å². The average molecular weight is 1130 g/mol. The predicted octanol–water partition coefficient (Wildman–Crippen LogP) is 8.97. The standard InChI is InChI=1S/C61H58N6O12S2/c1-6-76-55-44-20-14-28-62-53(44)57(78-8-3)46-33-66(60(70)51(46)55)43-25-22-38(23-26-43)35-80(72,73)64-49(68)32-39-16-13-19-42(31-39)50(41-17-11-10-12-18-41)59(69)65-81(74,75)36-40-24-27-48(37(5)30-40)67-34-47-52(61(67)71)56(77-7-2)45-21-15-29-63-54(45)58(47)79-9-4/h10-31,50H,6-9,32-36H2,1-5H3,(H,64,68)(H,65,69). The number of fused-ring (bicyclic) bond motifs is 4. The summed E-state index contributed by atoms with van der Waals surface area (Å²) in [5, 5.41) is 1.31. The Morgan fingerprint density at radius 1 is 0.556 bits per heavy atom. The lowest BCUT2D eigenvalue weighted by Gasteiger charge is -2.20. The van der Waals surface area contributed by atoms with Crippen LogP contribution in [-0.2, 0) is 60.7 Å². The molecule has 0 saturated carbocycles. The van der Waals surface area contributed by atoms with Crippen LogP contribution in [0.25, 0.3) is 21.8 Å². The third-order valence-electron chi connectivity index (χ3n) is 13.9. The van der Waals surface area contributed by atoms with Crippen molar-refractivity contribution in [2.75, 3.05) is 36.2 Å². The molecule has 2 aliphatic heterocycles. The van der Waals surface area contributed by atoms with Gasteiger partial charge in [0.25, 0.3) is 11.8 Å². The second-order valence-electron chi connectivity index (χ2n) is 19.4. The molecule has 10 rings (SSSR count). The summed E-state index contributed by atoms with van der Waals surface area (Å²) in [4.78, 5) is 68.3. The van der Waals surface area contributed by atoms with Gasteiger partial charge in [0, 0.05) is 45.7 Å². The van der Waals surface area contributed by atoms with Crippen LogP contribution in [0.5, 0.6) is 23.0 Å². The average Bonchev–Trinajstić information content (AvgIpc) is 4.16. The van der Waals surface area contributed by atoms with Gasteiger partial charge in [-0.05, 0) is 110 Å². The summed E-state index contributed by atoms with van der Waals surface area (Å²) in [5.41, 5.74) is 6.80. The highest BCUT2D eigenvalue weighted by Crippen LogP contribution is 2.47. The minimum Gasteiger partial charge on any atom is -0.492 e. The number of amides is 4. The molecule has 0 spiro atoms. The second kappa shape index (κ2) is 23.1. The Kier molecular flexibility index (Phi) is 15.8. The normalized spacial score (nSPS) is 13.5. The van der Waals surface area contributed by atoms with Crippen molar-refractivity contribution in [3.05, 3.63) is 189 Å². The van der Waals surface area contributed by atoms with Crippen LogP contribution in [0.4, 0.5) is 11.4 Å². The fourth-order valence-corrected chi connectivity index (χ4v) is 12.9. The van der Waals surface area contributed by atoms with Crippen molar-refractivity contribution in [3.63, 3.8) is 0 Å². The van der Waals surface area contributed by atoms with E-state index in [9.17, 15) is 36.0 Å². The van der Waals surface area contributed by atoms with E-state index in [1.807, 2.05) is 39.8 Å². The van der Waals surface area contributed by atoms with E-state index in [0.717, 1.165) is 0 Å². The van der Waals surface area contributed by atoms with E-state index in [-0.39, 0.29) is 31.3 Å². The van der Waals surface area contributed by atoms with Crippen LogP contribution in [-0.4, -0.2) is 76.9 Å². The first-order valence-electron chi connectivity index (χ1n) is 26.4. The van der Waals surface area contributed by atoms with E-state index in [0.29, 0.717) is 138 Å². The zero-order chi connectivity index (χ0) is 57.2. The van der Waals surface area contributed by atoms with Gasteiger partial charge in [0.2, 0.25) is 31.9 Å². The first-order chi connectivity index (χ1) is 39.0. The lowest BCUT2D eigenvalue weighted by atomic mass is 9.89. The number of anilines is 2. The molecule has 2 aromatic heterocycles. The predicted molar refractivity (Wildman–Crippen MR) is 307 cm³/mol. The molecule has 1 atom stereocenters. The number of aromatic nitrogens is 2. The molecule has 0 radical (unpaired) electrons. The van der Waals surface area contributed by atoms with Crippen LogP contribution in [0.2, 0.25) is 0 Å². The molecule has 18 nitrogen and oxygen atoms in total. The Hall–Kier alpha value is -8.88. The van der Waals surface area contributed by atoms with Gasteiger partial charge in [-0.1, -0.05) is 78.9 Å². The van der Waals surface area contributed by atoms with Crippen LogP contribution < -0.4 is 38.2 Å². The number of hydrogen-bond acceptors (Lipinski definition) is 14. The van der Waals surface area contributed by atoms with Gasteiger partial charge in [0.05, 0.1) is 74.5 Å². The fourth-order valence-electron chi connectivity index (χ4n) is 10.7. The number of hydrogen-bond donors (Lipinski definition) is 2. The maximum Gasteiger partial charge on any atom is 0.262 e. The van der Waals surface area contributed by atoms with Crippen molar-refractivity contribution in [3.8, 4) is 23.0 Å². The van der Waals surface area contributed by atoms with Gasteiger partial charge in [-0.3, -0.25) is 38.6 Å². The van der Waals surface area contributed by atoms with E-state index in [2.05, 4.69) is 19.4 Å². The molecule has 20 heteroatoms. The number of carbonyl (C=O) groups is 4. The van der Waals surface area contributed by atoms with Crippen molar-refractivity contribution in [1.82, 2.24) is 19.4 Å². The highest BCUT2D eigenvalue weighted by molar-refractivity contribution is 7.89. The van der Waals surface area contributed by atoms with Crippen molar-refractivity contribution in [2.45, 2.75) is 71.6 Å². The number of ether oxygens (including phenoxy) is 4. The third kappa shape index (κ3) is 11.2. The van der Waals surface area contributed by atoms with Crippen LogP contribution >= 0.6 is 0 Å². The number of nitrogens with one attached hydrogen (secondary N) is 2. The number of benzene rings is 6. The third-order valence-corrected chi connectivity index (χ3v) is 16.4. The zero-order valence-electron chi connectivity index (χ0n) is 45.1. The quantitative estimate of drug-likeness (QED) is 0.0684. The van der Waals surface area contributed by atoms with E-state index in [4.69, 9.17) is 18.9 Å². The SMILES string of the molecule is CCOc1c2c(c(OCC)c3ncccc13)CN(c1ccc(CS(=O)(=O)NC(=O)Cc3cccc(C(C(=O)NS(=O)(=O)Cc4ccc(N5Cc6c(c(OCC)c7cccnc7c6OCC)C5=O)c(C)c4)c4ccccc4)c3)cc1)C2=O. The molecule has 0 saturated heterocycles. The molecular formula is C61H58N6O12S2. The molecule has 2 N–H and O–H groups in total. The van der Waals surface area contributed by atoms with Crippen molar-refractivity contribution < 1.29 is 55.0 Å². The van der Waals surface area contributed by atoms with Gasteiger partial charge in [-0.15, -0.1) is 0 Å². The van der Waals surface area contributed by atoms with E-state index in [1.54, 1.807) is 138 Å². The minimum atomic E-state index is -4.33. The Balaban J connectivity index is 0.801. The summed E-state index contributed by atoms with van der Waals surface area (Å²) >= 11 is 0. The second-order valence-corrected chi connectivity index (χ2v) is 22.8. The lowest BCUT2D eigenvalue weighted by Crippen LogP contribution is -2.36. The van der Waals surface area contributed by atoms with E-state index >= 15 is 0 Å². The molecule has 6 aromatic carbocycles. The number of carbonyl (C=O) groups excluding carboxylic acids is 4. The maximum absolute atomic E-state index is 14.3. The Morgan fingerprint density at radius 2 is 1.07 bits per heavy atom. The molecule has 0 fully saturated rings.